The van der Waals surface area contributed by atoms with Gasteiger partial charge in [0, 0.05) is 44.5 Å². The molecule has 1 aliphatic rings. The van der Waals surface area contributed by atoms with E-state index in [4.69, 9.17) is 0 Å². The molecule has 1 N–H and O–H groups in total. The van der Waals surface area contributed by atoms with Crippen LogP contribution in [0.3, 0.4) is 0 Å². The van der Waals surface area contributed by atoms with Crippen LogP contribution in [-0.2, 0) is 19.6 Å². The molecule has 3 aromatic heterocycles. The van der Waals surface area contributed by atoms with E-state index in [-0.39, 0.29) is 5.56 Å². The highest BCUT2D eigenvalue weighted by Crippen LogP contribution is 2.12. The Balaban J connectivity index is 1.61. The van der Waals surface area contributed by atoms with Crippen molar-refractivity contribution in [1.29, 1.82) is 0 Å². The quantitative estimate of drug-likeness (QED) is 0.717. The third-order valence-corrected chi connectivity index (χ3v) is 3.75. The predicted molar refractivity (Wildman–Crippen MR) is 74.6 cm³/mol. The Morgan fingerprint density at radius 3 is 3.24 bits per heavy atom. The van der Waals surface area contributed by atoms with Crippen LogP contribution in [0.5, 0.6) is 0 Å². The van der Waals surface area contributed by atoms with Crippen molar-refractivity contribution in [1.82, 2.24) is 34.5 Å². The first-order valence-electron chi connectivity index (χ1n) is 6.95. The van der Waals surface area contributed by atoms with E-state index in [1.807, 2.05) is 4.68 Å². The smallest absolute Gasteiger partial charge is 0.272 e. The van der Waals surface area contributed by atoms with Crippen molar-refractivity contribution in [3.8, 4) is 0 Å². The van der Waals surface area contributed by atoms with Gasteiger partial charge in [0.25, 0.3) is 5.56 Å². The van der Waals surface area contributed by atoms with Gasteiger partial charge in [-0.15, -0.1) is 5.10 Å². The van der Waals surface area contributed by atoms with Crippen LogP contribution in [-0.4, -0.2) is 41.0 Å². The van der Waals surface area contributed by atoms with E-state index in [0.717, 1.165) is 37.4 Å². The molecule has 0 aliphatic carbocycles. The maximum absolute atomic E-state index is 12.0. The molecule has 4 rings (SSSR count). The van der Waals surface area contributed by atoms with Crippen molar-refractivity contribution in [2.24, 2.45) is 0 Å². The van der Waals surface area contributed by atoms with E-state index in [1.54, 1.807) is 24.5 Å². The highest BCUT2D eigenvalue weighted by Gasteiger charge is 2.16. The Hall–Kier alpha value is -2.48. The van der Waals surface area contributed by atoms with Gasteiger partial charge in [-0.1, -0.05) is 5.21 Å². The van der Waals surface area contributed by atoms with Gasteiger partial charge in [-0.3, -0.25) is 14.8 Å². The summed E-state index contributed by atoms with van der Waals surface area (Å²) in [6.45, 7) is 3.28. The summed E-state index contributed by atoms with van der Waals surface area (Å²) in [5, 5.41) is 10.9. The van der Waals surface area contributed by atoms with E-state index in [0.29, 0.717) is 12.2 Å². The molecule has 0 bridgehead atoms. The Morgan fingerprint density at radius 2 is 2.29 bits per heavy atom. The van der Waals surface area contributed by atoms with E-state index in [1.165, 1.54) is 4.52 Å². The second-order valence-electron chi connectivity index (χ2n) is 5.25. The number of rotatable bonds is 2. The van der Waals surface area contributed by atoms with Gasteiger partial charge in [-0.05, 0) is 6.42 Å². The zero-order valence-corrected chi connectivity index (χ0v) is 11.4. The normalized spacial score (nSPS) is 16.0. The van der Waals surface area contributed by atoms with E-state index in [9.17, 15) is 4.79 Å². The molecule has 0 radical (unpaired) electrons. The summed E-state index contributed by atoms with van der Waals surface area (Å²) in [5.74, 6) is 0. The third kappa shape index (κ3) is 2.23. The van der Waals surface area contributed by atoms with Gasteiger partial charge in [-0.25, -0.2) is 14.2 Å². The van der Waals surface area contributed by atoms with Crippen molar-refractivity contribution in [3.05, 3.63) is 46.3 Å². The summed E-state index contributed by atoms with van der Waals surface area (Å²) < 4.78 is 3.38. The zero-order chi connectivity index (χ0) is 14.2. The number of hydrogen-bond acceptors (Lipinski definition) is 5. The molecule has 1 aliphatic heterocycles. The molecule has 8 nitrogen and oxygen atoms in total. The molecule has 21 heavy (non-hydrogen) atoms. The van der Waals surface area contributed by atoms with Crippen molar-refractivity contribution >= 4 is 5.65 Å². The number of H-pyrrole nitrogens is 1. The number of aromatic amines is 1. The molecule has 4 heterocycles. The number of fused-ring (bicyclic) bond motifs is 2. The number of nitrogens with one attached hydrogen (secondary N) is 1. The molecule has 0 spiro atoms. The van der Waals surface area contributed by atoms with Gasteiger partial charge in [0.2, 0.25) is 0 Å². The topological polar surface area (TPSA) is 84.1 Å². The fourth-order valence-corrected chi connectivity index (χ4v) is 2.76. The van der Waals surface area contributed by atoms with Crippen LogP contribution >= 0.6 is 0 Å². The molecule has 8 heteroatoms. The van der Waals surface area contributed by atoms with Crippen molar-refractivity contribution in [2.45, 2.75) is 26.1 Å². The average Bonchev–Trinajstić information content (AvgIpc) is 3.05. The van der Waals surface area contributed by atoms with Gasteiger partial charge < -0.3 is 0 Å². The molecular formula is C13H15N7O. The first kappa shape index (κ1) is 12.3. The van der Waals surface area contributed by atoms with Crippen LogP contribution in [0, 0.1) is 0 Å². The Morgan fingerprint density at radius 1 is 1.33 bits per heavy atom. The summed E-state index contributed by atoms with van der Waals surface area (Å²) in [4.78, 5) is 18.8. The SMILES string of the molecule is O=c1cc(CN2CCCn3nncc3C2)nc2cc[nH]n12. The highest BCUT2D eigenvalue weighted by molar-refractivity contribution is 5.36. The molecule has 108 valence electrons. The monoisotopic (exact) mass is 285 g/mol. The minimum Gasteiger partial charge on any atom is -0.297 e. The lowest BCUT2D eigenvalue weighted by atomic mass is 10.3. The fraction of sp³-hybridized carbons (Fsp3) is 0.385. The largest absolute Gasteiger partial charge is 0.297 e. The molecule has 0 unspecified atom stereocenters. The molecule has 3 aromatic rings. The minimum absolute atomic E-state index is 0.0819. The highest BCUT2D eigenvalue weighted by atomic mass is 16.1. The first-order valence-corrected chi connectivity index (χ1v) is 6.95. The molecule has 0 amide bonds. The molecule has 0 saturated carbocycles. The summed E-state index contributed by atoms with van der Waals surface area (Å²) in [6.07, 6.45) is 4.53. The summed E-state index contributed by atoms with van der Waals surface area (Å²) in [7, 11) is 0. The van der Waals surface area contributed by atoms with Crippen LogP contribution in [0.15, 0.2) is 29.3 Å². The average molecular weight is 285 g/mol. The van der Waals surface area contributed by atoms with Gasteiger partial charge in [0.15, 0.2) is 5.65 Å². The molecule has 0 atom stereocenters. The Labute approximate surface area is 120 Å². The maximum atomic E-state index is 12.0. The van der Waals surface area contributed by atoms with Gasteiger partial charge in [0.1, 0.15) is 0 Å². The zero-order valence-electron chi connectivity index (χ0n) is 11.4. The van der Waals surface area contributed by atoms with Crippen LogP contribution in [0.25, 0.3) is 5.65 Å². The number of hydrogen-bond donors (Lipinski definition) is 1. The van der Waals surface area contributed by atoms with E-state index in [2.05, 4.69) is 25.3 Å². The standard InChI is InChI=1S/C13H15N7O/c21-13-6-10(16-12-2-3-15-20(12)13)8-18-4-1-5-19-11(9-18)7-14-17-19/h2-3,6-7,15H,1,4-5,8-9H2. The Bertz CT molecular complexity index is 830. The molecule has 0 saturated heterocycles. The van der Waals surface area contributed by atoms with Crippen molar-refractivity contribution < 1.29 is 0 Å². The summed E-state index contributed by atoms with van der Waals surface area (Å²) >= 11 is 0. The van der Waals surface area contributed by atoms with Gasteiger partial charge in [0.05, 0.1) is 17.6 Å². The summed E-state index contributed by atoms with van der Waals surface area (Å²) in [6, 6.07) is 3.39. The van der Waals surface area contributed by atoms with Crippen LogP contribution in [0.1, 0.15) is 17.8 Å². The van der Waals surface area contributed by atoms with E-state index >= 15 is 0 Å². The minimum atomic E-state index is -0.0819. The Kier molecular flexibility index (Phi) is 2.81. The fourth-order valence-electron chi connectivity index (χ4n) is 2.76. The number of aromatic nitrogens is 6. The third-order valence-electron chi connectivity index (χ3n) is 3.75. The van der Waals surface area contributed by atoms with Crippen molar-refractivity contribution in [3.63, 3.8) is 0 Å². The number of aryl methyl sites for hydroxylation is 1. The number of nitrogens with zero attached hydrogens (tertiary/aromatic N) is 6. The van der Waals surface area contributed by atoms with Gasteiger partial charge >= 0.3 is 0 Å². The molecular weight excluding hydrogens is 270 g/mol. The lowest BCUT2D eigenvalue weighted by molar-refractivity contribution is 0.257. The molecule has 0 aromatic carbocycles. The lowest BCUT2D eigenvalue weighted by Crippen LogP contribution is -2.25. The second-order valence-corrected chi connectivity index (χ2v) is 5.25. The van der Waals surface area contributed by atoms with E-state index < -0.39 is 0 Å². The predicted octanol–water partition coefficient (Wildman–Crippen LogP) is 0.0200. The maximum Gasteiger partial charge on any atom is 0.272 e. The first-order chi connectivity index (χ1) is 10.3. The van der Waals surface area contributed by atoms with Gasteiger partial charge in [-0.2, -0.15) is 0 Å². The van der Waals surface area contributed by atoms with Crippen molar-refractivity contribution in [2.75, 3.05) is 6.54 Å². The second kappa shape index (κ2) is 4.81. The molecule has 0 fully saturated rings. The van der Waals surface area contributed by atoms with Crippen LogP contribution < -0.4 is 5.56 Å². The van der Waals surface area contributed by atoms with Crippen LogP contribution in [0.4, 0.5) is 0 Å². The van der Waals surface area contributed by atoms with Crippen LogP contribution in [0.2, 0.25) is 0 Å². The lowest BCUT2D eigenvalue weighted by Gasteiger charge is -2.18. The summed E-state index contributed by atoms with van der Waals surface area (Å²) in [5.41, 5.74) is 2.47.